The van der Waals surface area contributed by atoms with Crippen LogP contribution in [0.15, 0.2) is 18.3 Å². The molecule has 0 saturated carbocycles. The SMILES string of the molecule is Cc1cc(C(=O)NCC(C(C)C)C(C)C)ccn1. The lowest BCUT2D eigenvalue weighted by Crippen LogP contribution is -2.33. The molecule has 0 aliphatic carbocycles. The van der Waals surface area contributed by atoms with Gasteiger partial charge in [0.2, 0.25) is 0 Å². The molecule has 0 aliphatic rings. The zero-order valence-electron chi connectivity index (χ0n) is 12.0. The molecule has 18 heavy (non-hydrogen) atoms. The van der Waals surface area contributed by atoms with Crippen molar-refractivity contribution < 1.29 is 4.79 Å². The van der Waals surface area contributed by atoms with Crippen LogP contribution in [-0.2, 0) is 0 Å². The number of rotatable bonds is 5. The van der Waals surface area contributed by atoms with Crippen molar-refractivity contribution in [3.63, 3.8) is 0 Å². The third-order valence-corrected chi connectivity index (χ3v) is 3.37. The van der Waals surface area contributed by atoms with E-state index in [0.29, 0.717) is 23.3 Å². The Labute approximate surface area is 110 Å². The van der Waals surface area contributed by atoms with Crippen LogP contribution in [0.4, 0.5) is 0 Å². The minimum absolute atomic E-state index is 0.00759. The zero-order valence-corrected chi connectivity index (χ0v) is 12.0. The Balaban J connectivity index is 2.60. The summed E-state index contributed by atoms with van der Waals surface area (Å²) in [6.07, 6.45) is 1.67. The molecule has 1 rings (SSSR count). The fraction of sp³-hybridized carbons (Fsp3) is 0.600. The molecule has 0 fully saturated rings. The van der Waals surface area contributed by atoms with Gasteiger partial charge in [0.15, 0.2) is 0 Å². The molecule has 3 nitrogen and oxygen atoms in total. The lowest BCUT2D eigenvalue weighted by atomic mass is 9.85. The Kier molecular flexibility index (Phi) is 5.32. The summed E-state index contributed by atoms with van der Waals surface area (Å²) in [5.74, 6) is 1.65. The minimum Gasteiger partial charge on any atom is -0.352 e. The van der Waals surface area contributed by atoms with Crippen LogP contribution in [0.1, 0.15) is 43.7 Å². The number of aromatic nitrogens is 1. The van der Waals surface area contributed by atoms with Gasteiger partial charge in [-0.1, -0.05) is 27.7 Å². The van der Waals surface area contributed by atoms with Crippen molar-refractivity contribution in [3.8, 4) is 0 Å². The van der Waals surface area contributed by atoms with E-state index in [2.05, 4.69) is 38.0 Å². The fourth-order valence-electron chi connectivity index (χ4n) is 2.24. The second-order valence-electron chi connectivity index (χ2n) is 5.55. The molecule has 0 bridgehead atoms. The normalized spacial score (nSPS) is 11.3. The van der Waals surface area contributed by atoms with Crippen LogP contribution in [0.25, 0.3) is 0 Å². The highest BCUT2D eigenvalue weighted by atomic mass is 16.1. The number of carbonyl (C=O) groups excluding carboxylic acids is 1. The zero-order chi connectivity index (χ0) is 13.7. The lowest BCUT2D eigenvalue weighted by molar-refractivity contribution is 0.0937. The van der Waals surface area contributed by atoms with Gasteiger partial charge in [-0.25, -0.2) is 0 Å². The Morgan fingerprint density at radius 3 is 2.39 bits per heavy atom. The highest BCUT2D eigenvalue weighted by Crippen LogP contribution is 2.19. The number of nitrogens with one attached hydrogen (secondary N) is 1. The molecule has 3 heteroatoms. The molecular formula is C15H24N2O. The standard InChI is InChI=1S/C15H24N2O/c1-10(2)14(11(3)4)9-17-15(18)13-6-7-16-12(5)8-13/h6-8,10-11,14H,9H2,1-5H3,(H,17,18). The average Bonchev–Trinajstić information content (AvgIpc) is 2.28. The van der Waals surface area contributed by atoms with E-state index in [4.69, 9.17) is 0 Å². The van der Waals surface area contributed by atoms with Gasteiger partial charge in [0.25, 0.3) is 5.91 Å². The van der Waals surface area contributed by atoms with E-state index >= 15 is 0 Å². The largest absolute Gasteiger partial charge is 0.352 e. The van der Waals surface area contributed by atoms with Gasteiger partial charge in [-0.05, 0) is 36.8 Å². The van der Waals surface area contributed by atoms with E-state index in [1.54, 1.807) is 12.3 Å². The molecule has 1 N–H and O–H groups in total. The van der Waals surface area contributed by atoms with E-state index in [0.717, 1.165) is 12.2 Å². The van der Waals surface area contributed by atoms with Gasteiger partial charge in [-0.15, -0.1) is 0 Å². The minimum atomic E-state index is -0.00759. The van der Waals surface area contributed by atoms with Gasteiger partial charge in [-0.2, -0.15) is 0 Å². The Bertz CT molecular complexity index is 391. The van der Waals surface area contributed by atoms with Gasteiger partial charge in [0.05, 0.1) is 0 Å². The number of pyridine rings is 1. The summed E-state index contributed by atoms with van der Waals surface area (Å²) in [6, 6.07) is 3.57. The number of carbonyl (C=O) groups is 1. The molecule has 0 spiro atoms. The summed E-state index contributed by atoms with van der Waals surface area (Å²) in [5, 5.41) is 3.02. The van der Waals surface area contributed by atoms with Gasteiger partial charge >= 0.3 is 0 Å². The van der Waals surface area contributed by atoms with Crippen LogP contribution < -0.4 is 5.32 Å². The number of aryl methyl sites for hydroxylation is 1. The highest BCUT2D eigenvalue weighted by molar-refractivity contribution is 5.94. The van der Waals surface area contributed by atoms with Crippen LogP contribution in [-0.4, -0.2) is 17.4 Å². The van der Waals surface area contributed by atoms with Crippen molar-refractivity contribution in [2.45, 2.75) is 34.6 Å². The van der Waals surface area contributed by atoms with Crippen LogP contribution in [0, 0.1) is 24.7 Å². The Morgan fingerprint density at radius 2 is 1.89 bits per heavy atom. The average molecular weight is 248 g/mol. The number of hydrogen-bond donors (Lipinski definition) is 1. The molecule has 0 saturated heterocycles. The first-order valence-corrected chi connectivity index (χ1v) is 6.62. The number of nitrogens with zero attached hydrogens (tertiary/aromatic N) is 1. The quantitative estimate of drug-likeness (QED) is 0.870. The first kappa shape index (κ1) is 14.7. The first-order valence-electron chi connectivity index (χ1n) is 6.62. The molecule has 0 unspecified atom stereocenters. The highest BCUT2D eigenvalue weighted by Gasteiger charge is 2.18. The van der Waals surface area contributed by atoms with Crippen molar-refractivity contribution >= 4 is 5.91 Å². The summed E-state index contributed by atoms with van der Waals surface area (Å²) in [7, 11) is 0. The molecule has 1 heterocycles. The maximum Gasteiger partial charge on any atom is 0.251 e. The molecule has 0 radical (unpaired) electrons. The molecule has 1 aromatic heterocycles. The lowest BCUT2D eigenvalue weighted by Gasteiger charge is -2.25. The molecule has 0 aliphatic heterocycles. The summed E-state index contributed by atoms with van der Waals surface area (Å²) in [5.41, 5.74) is 1.56. The van der Waals surface area contributed by atoms with Crippen LogP contribution in [0.3, 0.4) is 0 Å². The van der Waals surface area contributed by atoms with Gasteiger partial charge in [-0.3, -0.25) is 9.78 Å². The molecule has 1 aromatic rings. The number of amides is 1. The van der Waals surface area contributed by atoms with Crippen molar-refractivity contribution in [1.29, 1.82) is 0 Å². The molecule has 0 aromatic carbocycles. The van der Waals surface area contributed by atoms with Crippen LogP contribution >= 0.6 is 0 Å². The van der Waals surface area contributed by atoms with Crippen molar-refractivity contribution in [3.05, 3.63) is 29.6 Å². The van der Waals surface area contributed by atoms with E-state index in [1.807, 2.05) is 13.0 Å². The Hall–Kier alpha value is -1.38. The molecule has 0 atom stereocenters. The molecular weight excluding hydrogens is 224 g/mol. The second-order valence-corrected chi connectivity index (χ2v) is 5.55. The molecule has 100 valence electrons. The Morgan fingerprint density at radius 1 is 1.28 bits per heavy atom. The predicted octanol–water partition coefficient (Wildman–Crippen LogP) is 3.05. The van der Waals surface area contributed by atoms with E-state index in [-0.39, 0.29) is 5.91 Å². The summed E-state index contributed by atoms with van der Waals surface area (Å²) < 4.78 is 0. The van der Waals surface area contributed by atoms with Crippen molar-refractivity contribution in [1.82, 2.24) is 10.3 Å². The molecule has 1 amide bonds. The van der Waals surface area contributed by atoms with Crippen molar-refractivity contribution in [2.75, 3.05) is 6.54 Å². The van der Waals surface area contributed by atoms with Gasteiger partial charge < -0.3 is 5.32 Å². The number of hydrogen-bond acceptors (Lipinski definition) is 2. The van der Waals surface area contributed by atoms with E-state index < -0.39 is 0 Å². The monoisotopic (exact) mass is 248 g/mol. The summed E-state index contributed by atoms with van der Waals surface area (Å²) >= 11 is 0. The van der Waals surface area contributed by atoms with E-state index in [9.17, 15) is 4.79 Å². The van der Waals surface area contributed by atoms with Crippen LogP contribution in [0.5, 0.6) is 0 Å². The summed E-state index contributed by atoms with van der Waals surface area (Å²) in [6.45, 7) is 11.4. The smallest absolute Gasteiger partial charge is 0.251 e. The maximum absolute atomic E-state index is 12.0. The van der Waals surface area contributed by atoms with Gasteiger partial charge in [0, 0.05) is 24.0 Å². The fourth-order valence-corrected chi connectivity index (χ4v) is 2.24. The third-order valence-electron chi connectivity index (χ3n) is 3.37. The topological polar surface area (TPSA) is 42.0 Å². The van der Waals surface area contributed by atoms with E-state index in [1.165, 1.54) is 0 Å². The summed E-state index contributed by atoms with van der Waals surface area (Å²) in [4.78, 5) is 16.1. The predicted molar refractivity (Wildman–Crippen MR) is 74.5 cm³/mol. The van der Waals surface area contributed by atoms with Crippen LogP contribution in [0.2, 0.25) is 0 Å². The second kappa shape index (κ2) is 6.53. The van der Waals surface area contributed by atoms with Crippen molar-refractivity contribution in [2.24, 2.45) is 17.8 Å². The van der Waals surface area contributed by atoms with Gasteiger partial charge in [0.1, 0.15) is 0 Å². The maximum atomic E-state index is 12.0. The third kappa shape index (κ3) is 4.13. The first-order chi connectivity index (χ1) is 8.41.